The molecule has 0 saturated heterocycles. The van der Waals surface area contributed by atoms with E-state index >= 15 is 0 Å². The first-order chi connectivity index (χ1) is 9.27. The fourth-order valence-corrected chi connectivity index (χ4v) is 4.44. The van der Waals surface area contributed by atoms with Crippen molar-refractivity contribution in [3.8, 4) is 0 Å². The molecular weight excluding hydrogens is 276 g/mol. The van der Waals surface area contributed by atoms with Gasteiger partial charge in [0.05, 0.1) is 17.9 Å². The van der Waals surface area contributed by atoms with E-state index in [0.29, 0.717) is 29.4 Å². The van der Waals surface area contributed by atoms with Crippen LogP contribution < -0.4 is 5.32 Å². The van der Waals surface area contributed by atoms with E-state index in [1.54, 1.807) is 11.6 Å². The van der Waals surface area contributed by atoms with Crippen LogP contribution in [0.2, 0.25) is 0 Å². The lowest BCUT2D eigenvalue weighted by atomic mass is 10.4. The highest BCUT2D eigenvalue weighted by Crippen LogP contribution is 2.24. The molecule has 0 fully saturated rings. The third-order valence-corrected chi connectivity index (χ3v) is 5.75. The molecule has 1 N–H and O–H groups in total. The van der Waals surface area contributed by atoms with Crippen LogP contribution in [-0.2, 0) is 16.6 Å². The van der Waals surface area contributed by atoms with Gasteiger partial charge >= 0.3 is 0 Å². The minimum absolute atomic E-state index is 0.0653. The standard InChI is InChI=1S/C13H26N4O2S/c1-7-17(10(2)3)20(18,19)13-11(4)15-16(12(13)5)9-8-14-6/h10,14H,7-9H2,1-6H3. The zero-order chi connectivity index (χ0) is 15.5. The monoisotopic (exact) mass is 302 g/mol. The molecule has 0 radical (unpaired) electrons. The molecule has 0 aromatic carbocycles. The average Bonchev–Trinajstić information content (AvgIpc) is 2.61. The van der Waals surface area contributed by atoms with Crippen LogP contribution in [0.4, 0.5) is 0 Å². The van der Waals surface area contributed by atoms with Crippen molar-refractivity contribution in [1.82, 2.24) is 19.4 Å². The van der Waals surface area contributed by atoms with E-state index in [0.717, 1.165) is 6.54 Å². The molecular formula is C13H26N4O2S. The van der Waals surface area contributed by atoms with Gasteiger partial charge in [-0.1, -0.05) is 6.92 Å². The maximum absolute atomic E-state index is 12.8. The van der Waals surface area contributed by atoms with Gasteiger partial charge in [0.15, 0.2) is 0 Å². The highest BCUT2D eigenvalue weighted by Gasteiger charge is 2.31. The quantitative estimate of drug-likeness (QED) is 0.820. The molecule has 0 bridgehead atoms. The Morgan fingerprint density at radius 2 is 1.95 bits per heavy atom. The predicted molar refractivity (Wildman–Crippen MR) is 80.3 cm³/mol. The average molecular weight is 302 g/mol. The summed E-state index contributed by atoms with van der Waals surface area (Å²) >= 11 is 0. The molecule has 1 aromatic heterocycles. The van der Waals surface area contributed by atoms with E-state index in [9.17, 15) is 8.42 Å². The summed E-state index contributed by atoms with van der Waals surface area (Å²) in [5.74, 6) is 0. The number of rotatable bonds is 7. The second-order valence-corrected chi connectivity index (χ2v) is 6.96. The van der Waals surface area contributed by atoms with E-state index in [-0.39, 0.29) is 6.04 Å². The van der Waals surface area contributed by atoms with Gasteiger partial charge in [0.1, 0.15) is 4.90 Å². The van der Waals surface area contributed by atoms with Crippen LogP contribution in [0.3, 0.4) is 0 Å². The van der Waals surface area contributed by atoms with Gasteiger partial charge in [0.2, 0.25) is 10.0 Å². The lowest BCUT2D eigenvalue weighted by molar-refractivity contribution is 0.368. The van der Waals surface area contributed by atoms with Crippen molar-refractivity contribution in [3.63, 3.8) is 0 Å². The summed E-state index contributed by atoms with van der Waals surface area (Å²) < 4.78 is 28.8. The van der Waals surface area contributed by atoms with Crippen molar-refractivity contribution in [3.05, 3.63) is 11.4 Å². The first kappa shape index (κ1) is 17.1. The molecule has 0 amide bonds. The largest absolute Gasteiger partial charge is 0.318 e. The van der Waals surface area contributed by atoms with E-state index in [1.165, 1.54) is 4.31 Å². The Balaban J connectivity index is 3.28. The molecule has 116 valence electrons. The molecule has 1 aromatic rings. The number of sulfonamides is 1. The number of nitrogens with one attached hydrogen (secondary N) is 1. The minimum Gasteiger partial charge on any atom is -0.318 e. The first-order valence-corrected chi connectivity index (χ1v) is 8.41. The highest BCUT2D eigenvalue weighted by molar-refractivity contribution is 7.89. The van der Waals surface area contributed by atoms with Crippen LogP contribution >= 0.6 is 0 Å². The lowest BCUT2D eigenvalue weighted by Crippen LogP contribution is -2.37. The summed E-state index contributed by atoms with van der Waals surface area (Å²) in [6.07, 6.45) is 0. The molecule has 6 nitrogen and oxygen atoms in total. The van der Waals surface area contributed by atoms with Gasteiger partial charge in [0, 0.05) is 19.1 Å². The second kappa shape index (κ2) is 6.69. The van der Waals surface area contributed by atoms with Gasteiger partial charge in [-0.15, -0.1) is 0 Å². The Labute approximate surface area is 122 Å². The molecule has 0 aliphatic rings. The zero-order valence-corrected chi connectivity index (χ0v) is 14.1. The molecule has 0 unspecified atom stereocenters. The second-order valence-electron chi connectivity index (χ2n) is 5.13. The maximum atomic E-state index is 12.8. The summed E-state index contributed by atoms with van der Waals surface area (Å²) in [6.45, 7) is 11.1. The molecule has 0 atom stereocenters. The predicted octanol–water partition coefficient (Wildman–Crippen LogP) is 1.14. The molecule has 1 heterocycles. The van der Waals surface area contributed by atoms with Crippen LogP contribution in [0.15, 0.2) is 4.90 Å². The normalized spacial score (nSPS) is 12.6. The summed E-state index contributed by atoms with van der Waals surface area (Å²) in [5, 5.41) is 7.40. The fraction of sp³-hybridized carbons (Fsp3) is 0.769. The number of likely N-dealkylation sites (N-methyl/N-ethyl adjacent to an activating group) is 1. The number of aryl methyl sites for hydroxylation is 1. The van der Waals surface area contributed by atoms with Gasteiger partial charge in [-0.3, -0.25) is 4.68 Å². The Hall–Kier alpha value is -0.920. The fourth-order valence-electron chi connectivity index (χ4n) is 2.42. The van der Waals surface area contributed by atoms with Crippen LogP contribution in [0, 0.1) is 13.8 Å². The van der Waals surface area contributed by atoms with E-state index < -0.39 is 10.0 Å². The minimum atomic E-state index is -3.49. The number of nitrogens with zero attached hydrogens (tertiary/aromatic N) is 3. The van der Waals surface area contributed by atoms with Gasteiger partial charge in [-0.05, 0) is 34.7 Å². The van der Waals surface area contributed by atoms with Crippen molar-refractivity contribution in [2.75, 3.05) is 20.1 Å². The third kappa shape index (κ3) is 3.21. The first-order valence-electron chi connectivity index (χ1n) is 6.97. The van der Waals surface area contributed by atoms with Crippen molar-refractivity contribution < 1.29 is 8.42 Å². The molecule has 0 aliphatic carbocycles. The molecule has 0 aliphatic heterocycles. The summed E-state index contributed by atoms with van der Waals surface area (Å²) in [4.78, 5) is 0.351. The van der Waals surface area contributed by atoms with E-state index in [1.807, 2.05) is 34.7 Å². The summed E-state index contributed by atoms with van der Waals surface area (Å²) in [7, 11) is -1.62. The van der Waals surface area contributed by atoms with Crippen molar-refractivity contribution >= 4 is 10.0 Å². The third-order valence-electron chi connectivity index (χ3n) is 3.34. The Kier molecular flexibility index (Phi) is 5.73. The van der Waals surface area contributed by atoms with Gasteiger partial charge in [-0.2, -0.15) is 9.40 Å². The molecule has 0 spiro atoms. The topological polar surface area (TPSA) is 67.2 Å². The lowest BCUT2D eigenvalue weighted by Gasteiger charge is -2.24. The number of hydrogen-bond donors (Lipinski definition) is 1. The summed E-state index contributed by atoms with van der Waals surface area (Å²) in [6, 6.07) is -0.0653. The van der Waals surface area contributed by atoms with Crippen LogP contribution in [0.5, 0.6) is 0 Å². The number of aromatic nitrogens is 2. The molecule has 0 saturated carbocycles. The van der Waals surface area contributed by atoms with Crippen LogP contribution in [0.1, 0.15) is 32.2 Å². The zero-order valence-electron chi connectivity index (χ0n) is 13.3. The SMILES string of the molecule is CCN(C(C)C)S(=O)(=O)c1c(C)nn(CCNC)c1C. The smallest absolute Gasteiger partial charge is 0.246 e. The van der Waals surface area contributed by atoms with E-state index in [2.05, 4.69) is 10.4 Å². The van der Waals surface area contributed by atoms with Crippen LogP contribution in [0.25, 0.3) is 0 Å². The van der Waals surface area contributed by atoms with Gasteiger partial charge < -0.3 is 5.32 Å². The summed E-state index contributed by atoms with van der Waals surface area (Å²) in [5.41, 5.74) is 1.27. The van der Waals surface area contributed by atoms with Gasteiger partial charge in [-0.25, -0.2) is 8.42 Å². The van der Waals surface area contributed by atoms with Gasteiger partial charge in [0.25, 0.3) is 0 Å². The molecule has 1 rings (SSSR count). The molecule has 20 heavy (non-hydrogen) atoms. The molecule has 7 heteroatoms. The Morgan fingerprint density at radius 3 is 2.40 bits per heavy atom. The maximum Gasteiger partial charge on any atom is 0.246 e. The number of hydrogen-bond acceptors (Lipinski definition) is 4. The van der Waals surface area contributed by atoms with Crippen molar-refractivity contribution in [1.29, 1.82) is 0 Å². The highest BCUT2D eigenvalue weighted by atomic mass is 32.2. The van der Waals surface area contributed by atoms with Crippen molar-refractivity contribution in [2.45, 2.75) is 52.1 Å². The van der Waals surface area contributed by atoms with Crippen LogP contribution in [-0.4, -0.2) is 48.7 Å². The Bertz CT molecular complexity index is 549. The van der Waals surface area contributed by atoms with Crippen molar-refractivity contribution in [2.24, 2.45) is 0 Å². The van der Waals surface area contributed by atoms with E-state index in [4.69, 9.17) is 0 Å². The Morgan fingerprint density at radius 1 is 1.35 bits per heavy atom.